The topological polar surface area (TPSA) is 77.7 Å². The molecule has 2 aromatic heterocycles. The Balaban J connectivity index is 1.28. The summed E-state index contributed by atoms with van der Waals surface area (Å²) < 4.78 is 32.0. The molecule has 2 aliphatic rings. The number of allylic oxidation sites excluding steroid dienone is 2. The van der Waals surface area contributed by atoms with Crippen molar-refractivity contribution >= 4 is 23.7 Å². The molecule has 0 amide bonds. The van der Waals surface area contributed by atoms with Gasteiger partial charge in [-0.15, -0.1) is 0 Å². The molecule has 11 heteroatoms. The van der Waals surface area contributed by atoms with E-state index in [-0.39, 0.29) is 29.2 Å². The Morgan fingerprint density at radius 3 is 2.39 bits per heavy atom. The molecule has 2 fully saturated rings. The number of aryl methyl sites for hydroxylation is 1. The van der Waals surface area contributed by atoms with Gasteiger partial charge in [0.25, 0.3) is 0 Å². The number of anilines is 1. The van der Waals surface area contributed by atoms with Crippen LogP contribution >= 0.6 is 0 Å². The average Bonchev–Trinajstić information content (AvgIpc) is 3.36. The number of nitrogens with zero attached hydrogens (tertiary/aromatic N) is 8. The van der Waals surface area contributed by atoms with Gasteiger partial charge in [0.15, 0.2) is 11.6 Å². The summed E-state index contributed by atoms with van der Waals surface area (Å²) in [5.41, 5.74) is 2.34. The zero-order chi connectivity index (χ0) is 31.5. The number of fused-ring (bicyclic) bond motifs is 1. The van der Waals surface area contributed by atoms with E-state index in [1.54, 1.807) is 6.07 Å². The predicted octanol–water partition coefficient (Wildman–Crippen LogP) is 5.66. The number of piperazine rings is 1. The number of likely N-dealkylation sites (N-methyl/N-ethyl adjacent to an activating group) is 1. The first-order valence-electron chi connectivity index (χ1n) is 15.6. The van der Waals surface area contributed by atoms with Crippen molar-refractivity contribution in [3.05, 3.63) is 59.3 Å². The molecule has 44 heavy (non-hydrogen) atoms. The van der Waals surface area contributed by atoms with Crippen molar-refractivity contribution in [1.82, 2.24) is 34.2 Å². The summed E-state index contributed by atoms with van der Waals surface area (Å²) in [5, 5.41) is 3.04. The zero-order valence-electron chi connectivity index (χ0n) is 26.8. The third-order valence-corrected chi connectivity index (χ3v) is 9.13. The summed E-state index contributed by atoms with van der Waals surface area (Å²) in [7, 11) is 2.20. The number of likely N-dealkylation sites (tertiary alicyclic amines) is 1. The van der Waals surface area contributed by atoms with Crippen LogP contribution in [0, 0.1) is 18.6 Å². The van der Waals surface area contributed by atoms with E-state index < -0.39 is 11.6 Å². The molecule has 236 valence electrons. The van der Waals surface area contributed by atoms with E-state index in [2.05, 4.69) is 67.6 Å². The molecule has 5 rings (SSSR count). The van der Waals surface area contributed by atoms with E-state index in [0.717, 1.165) is 32.4 Å². The Bertz CT molecular complexity index is 1540. The minimum Gasteiger partial charge on any atom is -0.326 e. The van der Waals surface area contributed by atoms with Crippen molar-refractivity contribution in [1.29, 1.82) is 0 Å². The van der Waals surface area contributed by atoms with E-state index in [1.165, 1.54) is 37.6 Å². The molecule has 2 aliphatic heterocycles. The fraction of sp³-hybridized carbons (Fsp3) is 0.515. The number of hydrogen-bond donors (Lipinski definition) is 1. The molecule has 0 aliphatic carbocycles. The number of hydrogen-bond acceptors (Lipinski definition) is 8. The fourth-order valence-electron chi connectivity index (χ4n) is 6.40. The van der Waals surface area contributed by atoms with Crippen LogP contribution in [-0.4, -0.2) is 99.3 Å². The minimum atomic E-state index is -0.653. The van der Waals surface area contributed by atoms with Gasteiger partial charge in [-0.3, -0.25) is 9.80 Å². The summed E-state index contributed by atoms with van der Waals surface area (Å²) in [6.45, 7) is 20.7. The van der Waals surface area contributed by atoms with Crippen molar-refractivity contribution in [2.24, 2.45) is 4.99 Å². The number of rotatable bonds is 9. The lowest BCUT2D eigenvalue weighted by molar-refractivity contribution is 0.0612. The number of halogens is 2. The Morgan fingerprint density at radius 1 is 1.02 bits per heavy atom. The minimum absolute atomic E-state index is 0.0128. The van der Waals surface area contributed by atoms with Crippen molar-refractivity contribution in [2.45, 2.75) is 65.6 Å². The van der Waals surface area contributed by atoms with Gasteiger partial charge in [0.1, 0.15) is 22.9 Å². The lowest BCUT2D eigenvalue weighted by Gasteiger charge is -2.43. The van der Waals surface area contributed by atoms with Crippen LogP contribution in [0.1, 0.15) is 52.4 Å². The molecule has 4 heterocycles. The van der Waals surface area contributed by atoms with Gasteiger partial charge in [-0.2, -0.15) is 0 Å². The Morgan fingerprint density at radius 2 is 1.73 bits per heavy atom. The molecule has 9 nitrogen and oxygen atoms in total. The lowest BCUT2D eigenvalue weighted by atomic mass is 9.99. The quantitative estimate of drug-likeness (QED) is 0.249. The predicted molar refractivity (Wildman–Crippen MR) is 174 cm³/mol. The molecule has 0 spiro atoms. The molecule has 1 N–H and O–H groups in total. The molecule has 1 aromatic carbocycles. The third-order valence-electron chi connectivity index (χ3n) is 9.13. The van der Waals surface area contributed by atoms with E-state index in [0.29, 0.717) is 28.8 Å². The summed E-state index contributed by atoms with van der Waals surface area (Å²) in [6, 6.07) is 4.00. The highest BCUT2D eigenvalue weighted by molar-refractivity contribution is 5.83. The maximum atomic E-state index is 15.1. The van der Waals surface area contributed by atoms with Gasteiger partial charge in [0.2, 0.25) is 5.95 Å². The maximum absolute atomic E-state index is 15.1. The SMILES string of the molecule is C=N/C(=C\C=C(/C)C(C)N1CCC(N2CCN(C)CC2)CC1)Nc1ncc(F)c(-c2cc(F)c3nc(C)n(C(C)C)c3c2)n1. The lowest BCUT2D eigenvalue weighted by Crippen LogP contribution is -2.53. The first kappa shape index (κ1) is 31.9. The molecule has 1 unspecified atom stereocenters. The van der Waals surface area contributed by atoms with Crippen molar-refractivity contribution in [2.75, 3.05) is 51.6 Å². The standard InChI is InChI=1S/C33H45F2N9/c1-21(2)44-24(5)38-32-27(34)18-25(19-29(32)44)31-28(35)20-37-33(40-31)39-30(36-6)9-8-22(3)23(4)42-12-10-26(11-13-42)43-16-14-41(7)15-17-43/h8-9,18-21,23,26H,6,10-17H2,1-5,7H3,(H,37,39,40)/b22-8+,30-9+. The van der Waals surface area contributed by atoms with Crippen LogP contribution in [0.15, 0.2) is 46.9 Å². The first-order valence-corrected chi connectivity index (χ1v) is 15.6. The van der Waals surface area contributed by atoms with Crippen molar-refractivity contribution in [3.63, 3.8) is 0 Å². The highest BCUT2D eigenvalue weighted by Crippen LogP contribution is 2.30. The van der Waals surface area contributed by atoms with Gasteiger partial charge in [-0.25, -0.2) is 28.7 Å². The highest BCUT2D eigenvalue weighted by atomic mass is 19.1. The van der Waals surface area contributed by atoms with Crippen LogP contribution in [0.4, 0.5) is 14.7 Å². The van der Waals surface area contributed by atoms with Crippen LogP contribution in [0.2, 0.25) is 0 Å². The molecular formula is C33H45F2N9. The van der Waals surface area contributed by atoms with Gasteiger partial charge in [-0.1, -0.05) is 11.6 Å². The molecule has 0 bridgehead atoms. The summed E-state index contributed by atoms with van der Waals surface area (Å²) in [4.78, 5) is 24.6. The van der Waals surface area contributed by atoms with E-state index in [1.807, 2.05) is 37.5 Å². The third kappa shape index (κ3) is 6.90. The van der Waals surface area contributed by atoms with Crippen molar-refractivity contribution < 1.29 is 8.78 Å². The number of aromatic nitrogens is 4. The van der Waals surface area contributed by atoms with Gasteiger partial charge < -0.3 is 14.8 Å². The second-order valence-electron chi connectivity index (χ2n) is 12.4. The van der Waals surface area contributed by atoms with Crippen molar-refractivity contribution in [3.8, 4) is 11.3 Å². The normalized spacial score (nSPS) is 19.2. The van der Waals surface area contributed by atoms with E-state index in [9.17, 15) is 4.39 Å². The Kier molecular flexibility index (Phi) is 9.87. The van der Waals surface area contributed by atoms with Crippen LogP contribution in [0.5, 0.6) is 0 Å². The largest absolute Gasteiger partial charge is 0.326 e. The first-order chi connectivity index (χ1) is 21.0. The zero-order valence-corrected chi connectivity index (χ0v) is 26.8. The maximum Gasteiger partial charge on any atom is 0.229 e. The molecule has 0 saturated carbocycles. The van der Waals surface area contributed by atoms with Crippen LogP contribution in [-0.2, 0) is 0 Å². The smallest absolute Gasteiger partial charge is 0.229 e. The number of nitrogens with one attached hydrogen (secondary N) is 1. The van der Waals surface area contributed by atoms with Crippen LogP contribution < -0.4 is 5.32 Å². The van der Waals surface area contributed by atoms with E-state index in [4.69, 9.17) is 0 Å². The van der Waals surface area contributed by atoms with Crippen LogP contribution in [0.25, 0.3) is 22.3 Å². The summed E-state index contributed by atoms with van der Waals surface area (Å²) >= 11 is 0. The monoisotopic (exact) mass is 605 g/mol. The van der Waals surface area contributed by atoms with E-state index >= 15 is 4.39 Å². The Hall–Kier alpha value is -3.54. The van der Waals surface area contributed by atoms with Gasteiger partial charge >= 0.3 is 0 Å². The van der Waals surface area contributed by atoms with Crippen LogP contribution in [0.3, 0.4) is 0 Å². The Labute approximate surface area is 259 Å². The molecule has 0 radical (unpaired) electrons. The number of piperidine rings is 1. The number of benzene rings is 1. The molecule has 1 atom stereocenters. The number of aliphatic imine (C=N–C) groups is 1. The number of imidazole rings is 1. The van der Waals surface area contributed by atoms with Gasteiger partial charge in [0, 0.05) is 63.0 Å². The molecule has 2 saturated heterocycles. The second kappa shape index (κ2) is 13.6. The summed E-state index contributed by atoms with van der Waals surface area (Å²) in [6.07, 6.45) is 7.32. The molecular weight excluding hydrogens is 560 g/mol. The fourth-order valence-corrected chi connectivity index (χ4v) is 6.40. The van der Waals surface area contributed by atoms with Gasteiger partial charge in [-0.05, 0) is 79.4 Å². The average molecular weight is 606 g/mol. The highest BCUT2D eigenvalue weighted by Gasteiger charge is 2.28. The summed E-state index contributed by atoms with van der Waals surface area (Å²) in [5.74, 6) is 0.0762. The second-order valence-corrected chi connectivity index (χ2v) is 12.4. The van der Waals surface area contributed by atoms with Gasteiger partial charge in [0.05, 0.1) is 11.7 Å². The molecule has 3 aromatic rings.